The Morgan fingerprint density at radius 3 is 2.18 bits per heavy atom. The fourth-order valence-electron chi connectivity index (χ4n) is 1.75. The van der Waals surface area contributed by atoms with Crippen LogP contribution in [0.5, 0.6) is 0 Å². The molecule has 0 atom stereocenters. The van der Waals surface area contributed by atoms with Gasteiger partial charge in [0.25, 0.3) is 0 Å². The summed E-state index contributed by atoms with van der Waals surface area (Å²) in [5, 5.41) is 9.02. The summed E-state index contributed by atoms with van der Waals surface area (Å²) >= 11 is 3.21. The Hall–Kier alpha value is -1.19. The van der Waals surface area contributed by atoms with Crippen molar-refractivity contribution in [2.75, 3.05) is 0 Å². The third kappa shape index (κ3) is 1.79. The molecule has 4 nitrogen and oxygen atoms in total. The summed E-state index contributed by atoms with van der Waals surface area (Å²) in [5.41, 5.74) is 0. The second-order valence-corrected chi connectivity index (χ2v) is 7.13. The molecule has 1 aliphatic carbocycles. The van der Waals surface area contributed by atoms with Gasteiger partial charge in [-0.3, -0.25) is 4.79 Å². The summed E-state index contributed by atoms with van der Waals surface area (Å²) in [6.45, 7) is 0. The van der Waals surface area contributed by atoms with Crippen LogP contribution < -0.4 is 0 Å². The number of nitrogens with zero attached hydrogens (tertiary/aromatic N) is 1. The summed E-state index contributed by atoms with van der Waals surface area (Å²) in [5.74, 6) is -0.188. The molecule has 2 rings (SSSR count). The molecule has 1 aromatic rings. The lowest BCUT2D eigenvalue weighted by atomic mass is 9.84. The molecule has 0 aliphatic heterocycles. The number of ketones is 1. The first-order valence-electron chi connectivity index (χ1n) is 4.84. The average molecular weight is 314 g/mol. The average Bonchev–Trinajstić information content (AvgIpc) is 2.24. The number of sulfone groups is 1. The van der Waals surface area contributed by atoms with Crippen molar-refractivity contribution in [2.45, 2.75) is 22.5 Å². The predicted octanol–water partition coefficient (Wildman–Crippen LogP) is 1.85. The van der Waals surface area contributed by atoms with E-state index in [-0.39, 0.29) is 23.5 Å². The van der Waals surface area contributed by atoms with Gasteiger partial charge in [0.2, 0.25) is 0 Å². The predicted molar refractivity (Wildman–Crippen MR) is 63.9 cm³/mol. The van der Waals surface area contributed by atoms with E-state index in [4.69, 9.17) is 5.26 Å². The third-order valence-corrected chi connectivity index (χ3v) is 5.64. The summed E-state index contributed by atoms with van der Waals surface area (Å²) in [4.78, 5) is 11.1. The van der Waals surface area contributed by atoms with E-state index in [2.05, 4.69) is 15.9 Å². The van der Waals surface area contributed by atoms with Gasteiger partial charge < -0.3 is 0 Å². The summed E-state index contributed by atoms with van der Waals surface area (Å²) in [6.07, 6.45) is -0.413. The molecule has 88 valence electrons. The van der Waals surface area contributed by atoms with Gasteiger partial charge in [0, 0.05) is 17.3 Å². The Morgan fingerprint density at radius 2 is 1.76 bits per heavy atom. The lowest BCUT2D eigenvalue weighted by Crippen LogP contribution is -2.49. The van der Waals surface area contributed by atoms with Crippen molar-refractivity contribution >= 4 is 31.6 Å². The van der Waals surface area contributed by atoms with Crippen molar-refractivity contribution in [3.8, 4) is 6.07 Å². The minimum Gasteiger partial charge on any atom is -0.300 e. The molecule has 0 amide bonds. The van der Waals surface area contributed by atoms with E-state index < -0.39 is 14.6 Å². The molecule has 1 aromatic carbocycles. The van der Waals surface area contributed by atoms with Gasteiger partial charge in [0.15, 0.2) is 14.6 Å². The first-order chi connectivity index (χ1) is 7.91. The maximum Gasteiger partial charge on any atom is 0.198 e. The van der Waals surface area contributed by atoms with Gasteiger partial charge in [-0.25, -0.2) is 8.42 Å². The maximum atomic E-state index is 12.2. The minimum absolute atomic E-state index is 0.0785. The molecule has 0 heterocycles. The van der Waals surface area contributed by atoms with E-state index in [1.165, 1.54) is 12.1 Å². The highest BCUT2D eigenvalue weighted by atomic mass is 79.9. The van der Waals surface area contributed by atoms with Gasteiger partial charge in [-0.15, -0.1) is 0 Å². The molecular formula is C11H8BrNO3S. The number of halogens is 1. The van der Waals surface area contributed by atoms with Crippen LogP contribution in [0, 0.1) is 11.3 Å². The van der Waals surface area contributed by atoms with Crippen molar-refractivity contribution < 1.29 is 13.2 Å². The molecule has 0 N–H and O–H groups in total. The number of hydrogen-bond donors (Lipinski definition) is 0. The fourth-order valence-corrected chi connectivity index (χ4v) is 3.79. The van der Waals surface area contributed by atoms with Gasteiger partial charge in [-0.1, -0.05) is 15.9 Å². The van der Waals surface area contributed by atoms with Crippen molar-refractivity contribution in [3.63, 3.8) is 0 Å². The Bertz CT molecular complexity index is 605. The number of rotatable bonds is 2. The van der Waals surface area contributed by atoms with Gasteiger partial charge >= 0.3 is 0 Å². The van der Waals surface area contributed by atoms with Gasteiger partial charge in [0.1, 0.15) is 5.78 Å². The summed E-state index contributed by atoms with van der Waals surface area (Å²) in [7, 11) is -3.77. The lowest BCUT2D eigenvalue weighted by molar-refractivity contribution is -0.124. The highest BCUT2D eigenvalue weighted by Crippen LogP contribution is 2.40. The van der Waals surface area contributed by atoms with E-state index in [0.717, 1.165) is 4.47 Å². The van der Waals surface area contributed by atoms with Crippen molar-refractivity contribution in [1.82, 2.24) is 0 Å². The molecule has 1 saturated carbocycles. The van der Waals surface area contributed by atoms with Crippen LogP contribution in [0.25, 0.3) is 0 Å². The highest BCUT2D eigenvalue weighted by Gasteiger charge is 2.55. The largest absolute Gasteiger partial charge is 0.300 e. The van der Waals surface area contributed by atoms with E-state index in [0.29, 0.717) is 0 Å². The number of nitriles is 1. The number of carbonyl (C=O) groups is 1. The van der Waals surface area contributed by atoms with Crippen LogP contribution in [0.2, 0.25) is 0 Å². The summed E-state index contributed by atoms with van der Waals surface area (Å²) in [6, 6.07) is 7.83. The number of Topliss-reactive ketones (excluding diaryl/α,β-unsaturated/α-hetero) is 1. The van der Waals surface area contributed by atoms with E-state index in [1.54, 1.807) is 18.2 Å². The number of hydrogen-bond acceptors (Lipinski definition) is 4. The Balaban J connectivity index is 2.47. The zero-order chi connectivity index (χ0) is 12.7. The SMILES string of the molecule is N#CC1(S(=O)(=O)c2ccc(Br)cc2)CC(=O)C1. The first kappa shape index (κ1) is 12.3. The second kappa shape index (κ2) is 3.93. The van der Waals surface area contributed by atoms with Crippen LogP contribution in [0.15, 0.2) is 33.6 Å². The van der Waals surface area contributed by atoms with Gasteiger partial charge in [-0.05, 0) is 24.3 Å². The molecular weight excluding hydrogens is 306 g/mol. The molecule has 6 heteroatoms. The van der Waals surface area contributed by atoms with Crippen LogP contribution in [0.1, 0.15) is 12.8 Å². The van der Waals surface area contributed by atoms with Crippen LogP contribution in [-0.4, -0.2) is 18.9 Å². The molecule has 1 aliphatic rings. The monoisotopic (exact) mass is 313 g/mol. The lowest BCUT2D eigenvalue weighted by Gasteiger charge is -2.32. The molecule has 0 spiro atoms. The third-order valence-electron chi connectivity index (χ3n) is 2.81. The molecule has 0 radical (unpaired) electrons. The first-order valence-corrected chi connectivity index (χ1v) is 7.12. The fraction of sp³-hybridized carbons (Fsp3) is 0.273. The van der Waals surface area contributed by atoms with Crippen molar-refractivity contribution in [3.05, 3.63) is 28.7 Å². The van der Waals surface area contributed by atoms with Crippen LogP contribution >= 0.6 is 15.9 Å². The number of carbonyl (C=O) groups excluding carboxylic acids is 1. The smallest absolute Gasteiger partial charge is 0.198 e. The Kier molecular flexibility index (Phi) is 2.84. The van der Waals surface area contributed by atoms with Crippen molar-refractivity contribution in [2.24, 2.45) is 0 Å². The minimum atomic E-state index is -3.77. The molecule has 1 fully saturated rings. The van der Waals surface area contributed by atoms with E-state index >= 15 is 0 Å². The normalized spacial score (nSPS) is 18.2. The van der Waals surface area contributed by atoms with Crippen molar-refractivity contribution in [1.29, 1.82) is 5.26 Å². The molecule has 0 bridgehead atoms. The topological polar surface area (TPSA) is 75.0 Å². The maximum absolute atomic E-state index is 12.2. The zero-order valence-electron chi connectivity index (χ0n) is 8.68. The van der Waals surface area contributed by atoms with Gasteiger partial charge in [-0.2, -0.15) is 5.26 Å². The quantitative estimate of drug-likeness (QED) is 0.835. The van der Waals surface area contributed by atoms with Crippen LogP contribution in [-0.2, 0) is 14.6 Å². The molecule has 0 unspecified atom stereocenters. The van der Waals surface area contributed by atoms with E-state index in [1.807, 2.05) is 0 Å². The molecule has 17 heavy (non-hydrogen) atoms. The zero-order valence-corrected chi connectivity index (χ0v) is 11.1. The Labute approximate surface area is 107 Å². The summed E-state index contributed by atoms with van der Waals surface area (Å²) < 4.78 is 23.7. The standard InChI is InChI=1S/C11H8BrNO3S/c12-8-1-3-10(4-2-8)17(15,16)11(7-13)5-9(14)6-11/h1-4H,5-6H2. The van der Waals surface area contributed by atoms with E-state index in [9.17, 15) is 13.2 Å². The number of benzene rings is 1. The molecule has 0 saturated heterocycles. The molecule has 0 aromatic heterocycles. The van der Waals surface area contributed by atoms with Gasteiger partial charge in [0.05, 0.1) is 11.0 Å². The van der Waals surface area contributed by atoms with Crippen LogP contribution in [0.4, 0.5) is 0 Å². The second-order valence-electron chi connectivity index (χ2n) is 3.96. The highest BCUT2D eigenvalue weighted by molar-refractivity contribution is 9.10. The van der Waals surface area contributed by atoms with Crippen LogP contribution in [0.3, 0.4) is 0 Å². The Morgan fingerprint density at radius 1 is 1.24 bits per heavy atom.